The molecule has 2 N–H and O–H groups in total. The third-order valence-electron chi connectivity index (χ3n) is 6.52. The molecule has 7 nitrogen and oxygen atoms in total. The molecule has 0 saturated carbocycles. The van der Waals surface area contributed by atoms with Gasteiger partial charge in [-0.05, 0) is 76.3 Å². The van der Waals surface area contributed by atoms with Crippen LogP contribution in [0.1, 0.15) is 46.1 Å². The molecule has 1 fully saturated rings. The average molecular weight is 549 g/mol. The Bertz CT molecular complexity index is 1090. The van der Waals surface area contributed by atoms with Gasteiger partial charge in [-0.1, -0.05) is 35.9 Å². The molecular formula is C29H38ClFN2O5. The highest BCUT2D eigenvalue weighted by Gasteiger charge is 2.34. The second-order valence-corrected chi connectivity index (χ2v) is 11.1. The van der Waals surface area contributed by atoms with Crippen LogP contribution in [0, 0.1) is 11.7 Å². The number of rotatable bonds is 11. The minimum absolute atomic E-state index is 0.0311. The van der Waals surface area contributed by atoms with E-state index in [1.165, 1.54) is 12.1 Å². The lowest BCUT2D eigenvalue weighted by Gasteiger charge is -2.41. The number of nitrogens with zero attached hydrogens (tertiary/aromatic N) is 1. The summed E-state index contributed by atoms with van der Waals surface area (Å²) in [5, 5.41) is 13.0. The molecule has 3 rings (SSSR count). The van der Waals surface area contributed by atoms with E-state index >= 15 is 0 Å². The van der Waals surface area contributed by atoms with E-state index in [2.05, 4.69) is 10.2 Å². The third kappa shape index (κ3) is 8.68. The number of ether oxygens (including phenoxy) is 2. The average Bonchev–Trinajstić information content (AvgIpc) is 2.82. The predicted octanol–water partition coefficient (Wildman–Crippen LogP) is 5.22. The lowest BCUT2D eigenvalue weighted by Crippen LogP contribution is -2.53. The fraction of sp³-hybridized carbons (Fsp3) is 0.517. The van der Waals surface area contributed by atoms with Gasteiger partial charge in [-0.3, -0.25) is 9.69 Å². The second-order valence-electron chi connectivity index (χ2n) is 10.7. The zero-order chi connectivity index (χ0) is 27.9. The Hall–Kier alpha value is -2.68. The summed E-state index contributed by atoms with van der Waals surface area (Å²) in [6.07, 6.45) is 1.07. The quantitative estimate of drug-likeness (QED) is 0.374. The van der Waals surface area contributed by atoms with Crippen molar-refractivity contribution in [2.75, 3.05) is 26.3 Å². The third-order valence-corrected chi connectivity index (χ3v) is 6.75. The highest BCUT2D eigenvalue weighted by atomic mass is 35.5. The SMILES string of the molecule is CCOC(=O)[C@@H](C[C@@H](Cc1ccc(-c2cc(Cl)ccc2F)cc1)NC(=O)OC(C)(C)C)CN1CC[C@H]1CO. The van der Waals surface area contributed by atoms with Crippen molar-refractivity contribution >= 4 is 23.7 Å². The normalized spacial score (nSPS) is 17.3. The van der Waals surface area contributed by atoms with Gasteiger partial charge in [-0.15, -0.1) is 0 Å². The van der Waals surface area contributed by atoms with Crippen molar-refractivity contribution in [1.29, 1.82) is 0 Å². The van der Waals surface area contributed by atoms with Gasteiger partial charge in [0.25, 0.3) is 0 Å². The number of carbonyl (C=O) groups excluding carboxylic acids is 2. The summed E-state index contributed by atoms with van der Waals surface area (Å²) >= 11 is 6.05. The summed E-state index contributed by atoms with van der Waals surface area (Å²) in [4.78, 5) is 27.6. The number of nitrogens with one attached hydrogen (secondary N) is 1. The number of benzene rings is 2. The number of aliphatic hydroxyl groups is 1. The number of esters is 1. The van der Waals surface area contributed by atoms with Crippen molar-refractivity contribution in [3.63, 3.8) is 0 Å². The van der Waals surface area contributed by atoms with Crippen molar-refractivity contribution in [2.24, 2.45) is 5.92 Å². The second kappa shape index (κ2) is 13.4. The van der Waals surface area contributed by atoms with E-state index in [1.807, 2.05) is 24.3 Å². The molecule has 0 spiro atoms. The molecule has 0 aromatic heterocycles. The smallest absolute Gasteiger partial charge is 0.407 e. The van der Waals surface area contributed by atoms with Gasteiger partial charge in [0.2, 0.25) is 0 Å². The molecule has 0 bridgehead atoms. The molecule has 208 valence electrons. The summed E-state index contributed by atoms with van der Waals surface area (Å²) in [6, 6.07) is 11.4. The standard InChI is InChI=1S/C29H38ClFN2O5/c1-5-37-27(35)21(17-33-13-12-24(33)18-34)15-23(32-28(36)38-29(2,3)4)14-19-6-8-20(9-7-19)25-16-22(30)10-11-26(25)31/h6-11,16,21,23-24,34H,5,12-15,17-18H2,1-4H3,(H,32,36)/t21-,23+,24-/m0/s1. The van der Waals surface area contributed by atoms with E-state index in [9.17, 15) is 19.1 Å². The first kappa shape index (κ1) is 29.9. The number of amides is 1. The Kier molecular flexibility index (Phi) is 10.5. The molecule has 1 amide bonds. The van der Waals surface area contributed by atoms with Crippen LogP contribution in [0.5, 0.6) is 0 Å². The molecule has 2 aromatic rings. The Morgan fingerprint density at radius 3 is 2.50 bits per heavy atom. The van der Waals surface area contributed by atoms with Crippen LogP contribution in [-0.2, 0) is 20.7 Å². The highest BCUT2D eigenvalue weighted by Crippen LogP contribution is 2.27. The predicted molar refractivity (Wildman–Crippen MR) is 146 cm³/mol. The van der Waals surface area contributed by atoms with Gasteiger partial charge in [0.05, 0.1) is 19.1 Å². The molecule has 1 saturated heterocycles. The number of aliphatic hydroxyl groups excluding tert-OH is 1. The molecule has 9 heteroatoms. The van der Waals surface area contributed by atoms with Crippen LogP contribution in [0.25, 0.3) is 11.1 Å². The van der Waals surface area contributed by atoms with Gasteiger partial charge < -0.3 is 19.9 Å². The van der Waals surface area contributed by atoms with Crippen molar-refractivity contribution in [1.82, 2.24) is 10.2 Å². The first-order valence-corrected chi connectivity index (χ1v) is 13.4. The van der Waals surface area contributed by atoms with Crippen molar-refractivity contribution in [3.8, 4) is 11.1 Å². The Balaban J connectivity index is 1.80. The van der Waals surface area contributed by atoms with Crippen LogP contribution in [0.4, 0.5) is 9.18 Å². The minimum atomic E-state index is -0.677. The largest absolute Gasteiger partial charge is 0.466 e. The number of likely N-dealkylation sites (tertiary alicyclic amines) is 1. The zero-order valence-corrected chi connectivity index (χ0v) is 23.3. The van der Waals surface area contributed by atoms with Gasteiger partial charge in [0.15, 0.2) is 0 Å². The molecular weight excluding hydrogens is 511 g/mol. The lowest BCUT2D eigenvalue weighted by molar-refractivity contribution is -0.150. The van der Waals surface area contributed by atoms with Gasteiger partial charge in [-0.25, -0.2) is 9.18 Å². The Morgan fingerprint density at radius 1 is 1.21 bits per heavy atom. The summed E-state index contributed by atoms with van der Waals surface area (Å²) < 4.78 is 25.2. The van der Waals surface area contributed by atoms with Gasteiger partial charge in [0, 0.05) is 35.8 Å². The molecule has 2 aromatic carbocycles. The van der Waals surface area contributed by atoms with E-state index < -0.39 is 23.7 Å². The van der Waals surface area contributed by atoms with Crippen LogP contribution in [0.2, 0.25) is 5.02 Å². The topological polar surface area (TPSA) is 88.1 Å². The molecule has 0 radical (unpaired) electrons. The fourth-order valence-electron chi connectivity index (χ4n) is 4.56. The minimum Gasteiger partial charge on any atom is -0.466 e. The first-order chi connectivity index (χ1) is 18.0. The number of carbonyl (C=O) groups is 2. The fourth-order valence-corrected chi connectivity index (χ4v) is 4.74. The molecule has 0 aliphatic carbocycles. The van der Waals surface area contributed by atoms with E-state index in [0.717, 1.165) is 18.5 Å². The van der Waals surface area contributed by atoms with Crippen LogP contribution >= 0.6 is 11.6 Å². The van der Waals surface area contributed by atoms with E-state index in [1.54, 1.807) is 33.8 Å². The van der Waals surface area contributed by atoms with Crippen molar-refractivity contribution < 1.29 is 28.6 Å². The van der Waals surface area contributed by atoms with Crippen LogP contribution in [0.3, 0.4) is 0 Å². The molecule has 1 aliphatic rings. The monoisotopic (exact) mass is 548 g/mol. The summed E-state index contributed by atoms with van der Waals surface area (Å²) in [6.45, 7) is 8.65. The lowest BCUT2D eigenvalue weighted by atomic mass is 9.91. The number of alkyl carbamates (subject to hydrolysis) is 1. The maximum atomic E-state index is 14.3. The molecule has 38 heavy (non-hydrogen) atoms. The van der Waals surface area contributed by atoms with E-state index in [-0.39, 0.29) is 31.0 Å². The summed E-state index contributed by atoms with van der Waals surface area (Å²) in [7, 11) is 0. The zero-order valence-electron chi connectivity index (χ0n) is 22.5. The van der Waals surface area contributed by atoms with Crippen molar-refractivity contribution in [3.05, 3.63) is 58.9 Å². The molecule has 0 unspecified atom stereocenters. The molecule has 3 atom stereocenters. The first-order valence-electron chi connectivity index (χ1n) is 13.0. The van der Waals surface area contributed by atoms with Crippen LogP contribution < -0.4 is 5.32 Å². The maximum Gasteiger partial charge on any atom is 0.407 e. The highest BCUT2D eigenvalue weighted by molar-refractivity contribution is 6.30. The Labute approximate surface area is 229 Å². The van der Waals surface area contributed by atoms with Gasteiger partial charge in [0.1, 0.15) is 11.4 Å². The summed E-state index contributed by atoms with van der Waals surface area (Å²) in [5.41, 5.74) is 1.31. The molecule has 1 heterocycles. The van der Waals surface area contributed by atoms with Gasteiger partial charge >= 0.3 is 12.1 Å². The summed E-state index contributed by atoms with van der Waals surface area (Å²) in [5.74, 6) is -1.20. The van der Waals surface area contributed by atoms with E-state index in [4.69, 9.17) is 21.1 Å². The van der Waals surface area contributed by atoms with Gasteiger partial charge in [-0.2, -0.15) is 0 Å². The molecule has 1 aliphatic heterocycles. The van der Waals surface area contributed by atoms with Crippen LogP contribution in [-0.4, -0.2) is 66.1 Å². The number of halogens is 2. The maximum absolute atomic E-state index is 14.3. The Morgan fingerprint density at radius 2 is 1.92 bits per heavy atom. The number of hydrogen-bond donors (Lipinski definition) is 2. The van der Waals surface area contributed by atoms with Crippen LogP contribution in [0.15, 0.2) is 42.5 Å². The van der Waals surface area contributed by atoms with Crippen molar-refractivity contribution in [2.45, 2.75) is 64.6 Å². The number of hydrogen-bond acceptors (Lipinski definition) is 6. The van der Waals surface area contributed by atoms with E-state index in [0.29, 0.717) is 35.5 Å².